The Morgan fingerprint density at radius 2 is 2.20 bits per heavy atom. The summed E-state index contributed by atoms with van der Waals surface area (Å²) >= 11 is 3.30. The van der Waals surface area contributed by atoms with E-state index in [-0.39, 0.29) is 10.7 Å². The number of nitrogens with one attached hydrogen (secondary N) is 1. The number of carbonyl (C=O) groups excluding carboxylic acids is 1. The van der Waals surface area contributed by atoms with Gasteiger partial charge in [0.1, 0.15) is 0 Å². The van der Waals surface area contributed by atoms with Crippen molar-refractivity contribution < 1.29 is 4.79 Å². The van der Waals surface area contributed by atoms with Crippen LogP contribution in [-0.2, 0) is 0 Å². The Bertz CT molecular complexity index is 487. The van der Waals surface area contributed by atoms with Gasteiger partial charge in [-0.25, -0.2) is 0 Å². The Morgan fingerprint density at radius 1 is 1.50 bits per heavy atom. The van der Waals surface area contributed by atoms with Crippen molar-refractivity contribution in [2.75, 3.05) is 19.3 Å². The zero-order valence-electron chi connectivity index (χ0n) is 12.3. The summed E-state index contributed by atoms with van der Waals surface area (Å²) in [4.78, 5) is 13.0. The summed E-state index contributed by atoms with van der Waals surface area (Å²) in [7, 11) is 0. The van der Waals surface area contributed by atoms with Gasteiger partial charge in [0, 0.05) is 16.7 Å². The van der Waals surface area contributed by atoms with E-state index in [1.807, 2.05) is 23.2 Å². The Balaban J connectivity index is 2.65. The maximum absolute atomic E-state index is 12.1. The molecule has 110 valence electrons. The summed E-state index contributed by atoms with van der Waals surface area (Å²) in [6.07, 6.45) is 4.19. The molecule has 1 rings (SSSR count). The molecule has 1 aromatic heterocycles. The van der Waals surface area contributed by atoms with Crippen molar-refractivity contribution in [3.8, 4) is 11.8 Å². The molecular formula is C15H22N2OS2. The SMILES string of the molecule is CCC(CC)(CNC(=O)c1csc(C#CCN)c1)SC. The largest absolute Gasteiger partial charge is 0.351 e. The van der Waals surface area contributed by atoms with Crippen LogP contribution >= 0.6 is 23.1 Å². The van der Waals surface area contributed by atoms with Crippen molar-refractivity contribution in [2.45, 2.75) is 31.4 Å². The molecule has 1 aromatic rings. The number of amides is 1. The van der Waals surface area contributed by atoms with Gasteiger partial charge in [0.15, 0.2) is 0 Å². The molecule has 0 saturated carbocycles. The lowest BCUT2D eigenvalue weighted by molar-refractivity contribution is 0.0949. The Hall–Kier alpha value is -0.960. The first-order valence-electron chi connectivity index (χ1n) is 6.71. The molecule has 0 aromatic carbocycles. The average Bonchev–Trinajstić information content (AvgIpc) is 2.96. The Kier molecular flexibility index (Phi) is 7.14. The van der Waals surface area contributed by atoms with E-state index in [2.05, 4.69) is 37.3 Å². The van der Waals surface area contributed by atoms with Crippen molar-refractivity contribution >= 4 is 29.0 Å². The van der Waals surface area contributed by atoms with Crippen molar-refractivity contribution in [3.05, 3.63) is 21.9 Å². The lowest BCUT2D eigenvalue weighted by atomic mass is 10.0. The van der Waals surface area contributed by atoms with E-state index in [9.17, 15) is 4.79 Å². The average molecular weight is 310 g/mol. The van der Waals surface area contributed by atoms with Crippen LogP contribution in [0, 0.1) is 11.8 Å². The topological polar surface area (TPSA) is 55.1 Å². The van der Waals surface area contributed by atoms with Crippen LogP contribution in [-0.4, -0.2) is 30.0 Å². The number of hydrogen-bond donors (Lipinski definition) is 2. The predicted octanol–water partition coefficient (Wildman–Crippen LogP) is 2.71. The van der Waals surface area contributed by atoms with Crippen LogP contribution < -0.4 is 11.1 Å². The fourth-order valence-electron chi connectivity index (χ4n) is 1.86. The van der Waals surface area contributed by atoms with Gasteiger partial charge in [-0.05, 0) is 25.2 Å². The maximum atomic E-state index is 12.1. The fraction of sp³-hybridized carbons (Fsp3) is 0.533. The molecule has 0 aliphatic rings. The van der Waals surface area contributed by atoms with E-state index in [4.69, 9.17) is 5.73 Å². The van der Waals surface area contributed by atoms with Crippen LogP contribution in [0.5, 0.6) is 0 Å². The van der Waals surface area contributed by atoms with Crippen molar-refractivity contribution in [1.29, 1.82) is 0 Å². The van der Waals surface area contributed by atoms with Crippen LogP contribution in [0.2, 0.25) is 0 Å². The monoisotopic (exact) mass is 310 g/mol. The van der Waals surface area contributed by atoms with Gasteiger partial charge in [-0.3, -0.25) is 4.79 Å². The maximum Gasteiger partial charge on any atom is 0.252 e. The number of nitrogens with two attached hydrogens (primary N) is 1. The van der Waals surface area contributed by atoms with Gasteiger partial charge in [-0.1, -0.05) is 25.7 Å². The molecule has 5 heteroatoms. The standard InChI is InChI=1S/C15H22N2OS2/c1-4-15(5-2,19-3)11-17-14(18)12-9-13(20-10-12)7-6-8-16/h9-10H,4-5,8,11,16H2,1-3H3,(H,17,18). The zero-order chi connectivity index (χ0) is 15.0. The minimum absolute atomic E-state index is 0.0256. The summed E-state index contributed by atoms with van der Waals surface area (Å²) in [5.41, 5.74) is 6.01. The van der Waals surface area contributed by atoms with Gasteiger partial charge in [0.25, 0.3) is 5.91 Å². The summed E-state index contributed by atoms with van der Waals surface area (Å²) in [5.74, 6) is 5.71. The van der Waals surface area contributed by atoms with Gasteiger partial charge < -0.3 is 11.1 Å². The molecule has 3 nitrogen and oxygen atoms in total. The van der Waals surface area contributed by atoms with Gasteiger partial charge in [0.2, 0.25) is 0 Å². The first kappa shape index (κ1) is 17.1. The molecule has 3 N–H and O–H groups in total. The molecule has 0 atom stereocenters. The molecule has 0 fully saturated rings. The van der Waals surface area contributed by atoms with E-state index in [1.165, 1.54) is 11.3 Å². The van der Waals surface area contributed by atoms with E-state index >= 15 is 0 Å². The van der Waals surface area contributed by atoms with Crippen LogP contribution in [0.3, 0.4) is 0 Å². The van der Waals surface area contributed by atoms with Crippen molar-refractivity contribution in [2.24, 2.45) is 5.73 Å². The highest BCUT2D eigenvalue weighted by Gasteiger charge is 2.25. The summed E-state index contributed by atoms with van der Waals surface area (Å²) < 4.78 is 0.133. The number of hydrogen-bond acceptors (Lipinski definition) is 4. The third-order valence-electron chi connectivity index (χ3n) is 3.47. The van der Waals surface area contributed by atoms with Crippen molar-refractivity contribution in [3.63, 3.8) is 0 Å². The second-order valence-corrected chi connectivity index (χ2v) is 6.67. The second-order valence-electron chi connectivity index (χ2n) is 4.48. The molecule has 0 aliphatic carbocycles. The van der Waals surface area contributed by atoms with Gasteiger partial charge in [-0.2, -0.15) is 11.8 Å². The van der Waals surface area contributed by atoms with Gasteiger partial charge in [0.05, 0.1) is 17.0 Å². The number of thioether (sulfide) groups is 1. The zero-order valence-corrected chi connectivity index (χ0v) is 13.9. The number of rotatable bonds is 6. The normalized spacial score (nSPS) is 10.8. The molecule has 20 heavy (non-hydrogen) atoms. The quantitative estimate of drug-likeness (QED) is 0.794. The second kappa shape index (κ2) is 8.35. The summed E-state index contributed by atoms with van der Waals surface area (Å²) in [6, 6.07) is 1.82. The minimum atomic E-state index is -0.0256. The van der Waals surface area contributed by atoms with Gasteiger partial charge >= 0.3 is 0 Å². The molecule has 0 radical (unpaired) electrons. The number of carbonyl (C=O) groups is 1. The van der Waals surface area contributed by atoms with E-state index in [0.29, 0.717) is 18.7 Å². The summed E-state index contributed by atoms with van der Waals surface area (Å²) in [6.45, 7) is 5.36. The van der Waals surface area contributed by atoms with Crippen LogP contribution in [0.25, 0.3) is 0 Å². The third kappa shape index (κ3) is 4.55. The van der Waals surface area contributed by atoms with Crippen LogP contribution in [0.1, 0.15) is 41.9 Å². The first-order valence-corrected chi connectivity index (χ1v) is 8.82. The first-order chi connectivity index (χ1) is 9.60. The molecule has 0 bridgehead atoms. The summed E-state index contributed by atoms with van der Waals surface area (Å²) in [5, 5.41) is 4.88. The molecule has 0 unspecified atom stereocenters. The van der Waals surface area contributed by atoms with Crippen molar-refractivity contribution in [1.82, 2.24) is 5.32 Å². The molecule has 0 saturated heterocycles. The molecule has 0 aliphatic heterocycles. The van der Waals surface area contributed by atoms with Crippen LogP contribution in [0.15, 0.2) is 11.4 Å². The minimum Gasteiger partial charge on any atom is -0.351 e. The molecule has 1 amide bonds. The highest BCUT2D eigenvalue weighted by Crippen LogP contribution is 2.29. The Labute approximate surface area is 129 Å². The predicted molar refractivity (Wildman–Crippen MR) is 89.4 cm³/mol. The molecule has 1 heterocycles. The molecular weight excluding hydrogens is 288 g/mol. The third-order valence-corrected chi connectivity index (χ3v) is 5.90. The fourth-order valence-corrected chi connectivity index (χ4v) is 3.41. The smallest absolute Gasteiger partial charge is 0.252 e. The van der Waals surface area contributed by atoms with E-state index in [0.717, 1.165) is 17.7 Å². The lowest BCUT2D eigenvalue weighted by Gasteiger charge is -2.29. The van der Waals surface area contributed by atoms with E-state index in [1.54, 1.807) is 0 Å². The number of thiophene rings is 1. The van der Waals surface area contributed by atoms with Crippen LogP contribution in [0.4, 0.5) is 0 Å². The Morgan fingerprint density at radius 3 is 2.75 bits per heavy atom. The molecule has 0 spiro atoms. The lowest BCUT2D eigenvalue weighted by Crippen LogP contribution is -2.39. The highest BCUT2D eigenvalue weighted by molar-refractivity contribution is 8.00. The van der Waals surface area contributed by atoms with E-state index < -0.39 is 0 Å². The van der Waals surface area contributed by atoms with Gasteiger partial charge in [-0.15, -0.1) is 11.3 Å². The highest BCUT2D eigenvalue weighted by atomic mass is 32.2.